The predicted octanol–water partition coefficient (Wildman–Crippen LogP) is 3.16. The molecule has 0 N–H and O–H groups in total. The molecule has 0 amide bonds. The summed E-state index contributed by atoms with van der Waals surface area (Å²) in [6.45, 7) is 0. The summed E-state index contributed by atoms with van der Waals surface area (Å²) in [4.78, 5) is 2.87. The number of hydrogen-bond acceptors (Lipinski definition) is 3. The molecule has 0 saturated heterocycles. The fraction of sp³-hybridized carbons (Fsp3) is 0.167. The number of aromatic nitrogens is 1. The van der Waals surface area contributed by atoms with Crippen LogP contribution in [-0.4, -0.2) is 13.4 Å². The van der Waals surface area contributed by atoms with Gasteiger partial charge in [0.15, 0.2) is 0 Å². The van der Waals surface area contributed by atoms with Gasteiger partial charge in [0.05, 0.1) is 0 Å². The molecule has 1 aromatic heterocycles. The molecule has 0 saturated carbocycles. The van der Waals surface area contributed by atoms with Crippen molar-refractivity contribution in [3.8, 4) is 0 Å². The second-order valence-electron chi connectivity index (χ2n) is 2.38. The smallest absolute Gasteiger partial charge is 0.238 e. The highest BCUT2D eigenvalue weighted by molar-refractivity contribution is 14.1. The van der Waals surface area contributed by atoms with Gasteiger partial charge in [-0.1, -0.05) is 0 Å². The van der Waals surface area contributed by atoms with Gasteiger partial charge >= 0.3 is 0 Å². The quantitative estimate of drug-likeness (QED) is 0.372. The van der Waals surface area contributed by atoms with Gasteiger partial charge in [-0.3, -0.25) is 0 Å². The topological polar surface area (TPSA) is 47.0 Å². The third-order valence-electron chi connectivity index (χ3n) is 1.40. The fourth-order valence-electron chi connectivity index (χ4n) is 0.814. The lowest BCUT2D eigenvalue weighted by Crippen LogP contribution is -2.04. The summed E-state index contributed by atoms with van der Waals surface area (Å²) in [6, 6.07) is 1.08. The lowest BCUT2D eigenvalue weighted by Gasteiger charge is -2.06. The third-order valence-corrected chi connectivity index (χ3v) is 5.42. The molecule has 84 valence electrons. The summed E-state index contributed by atoms with van der Waals surface area (Å²) in [5.74, 6) is 0. The van der Waals surface area contributed by atoms with E-state index in [1.807, 2.05) is 0 Å². The van der Waals surface area contributed by atoms with E-state index in [1.165, 1.54) is 0 Å². The minimum absolute atomic E-state index is 0.313. The number of alkyl halides is 2. The van der Waals surface area contributed by atoms with Gasteiger partial charge in [0.2, 0.25) is 0 Å². The van der Waals surface area contributed by atoms with Crippen LogP contribution in [0, 0.1) is 7.27 Å². The Labute approximate surface area is 116 Å². The molecule has 1 rings (SSSR count). The number of rotatable bonds is 2. The number of halogens is 5. The molecule has 15 heavy (non-hydrogen) atoms. The van der Waals surface area contributed by atoms with Crippen LogP contribution in [0.2, 0.25) is 0 Å². The lowest BCUT2D eigenvalue weighted by molar-refractivity contribution is 0.142. The van der Waals surface area contributed by atoms with Crippen LogP contribution >= 0.6 is 55.9 Å². The van der Waals surface area contributed by atoms with E-state index in [4.69, 9.17) is 10.7 Å². The first-order valence-corrected chi connectivity index (χ1v) is 7.79. The molecule has 9 heteroatoms. The standard InChI is InChI=1S/C6H2ClF2I2NO2S/c7-15(13,14)3-1-2(10)6(11)12-4(3)5(8)9/h1,5H. The number of nitrogens with zero attached hydrogens (tertiary/aromatic N) is 1. The van der Waals surface area contributed by atoms with Gasteiger partial charge in [0.25, 0.3) is 15.5 Å². The molecule has 0 aliphatic heterocycles. The van der Waals surface area contributed by atoms with Gasteiger partial charge in [-0.15, -0.1) is 0 Å². The van der Waals surface area contributed by atoms with Crippen LogP contribution in [0.15, 0.2) is 11.0 Å². The molecule has 0 unspecified atom stereocenters. The van der Waals surface area contributed by atoms with Gasteiger partial charge in [0.1, 0.15) is 14.3 Å². The zero-order valence-electron chi connectivity index (χ0n) is 6.72. The third kappa shape index (κ3) is 3.33. The largest absolute Gasteiger partial charge is 0.281 e. The first kappa shape index (κ1) is 13.8. The van der Waals surface area contributed by atoms with E-state index in [0.717, 1.165) is 6.07 Å². The van der Waals surface area contributed by atoms with Crippen LogP contribution in [-0.2, 0) is 9.05 Å². The Kier molecular flexibility index (Phi) is 4.52. The van der Waals surface area contributed by atoms with E-state index in [-0.39, 0.29) is 0 Å². The van der Waals surface area contributed by atoms with Gasteiger partial charge < -0.3 is 0 Å². The molecule has 0 bridgehead atoms. The summed E-state index contributed by atoms with van der Waals surface area (Å²) in [7, 11) is 0.829. The van der Waals surface area contributed by atoms with Crippen LogP contribution in [0.5, 0.6) is 0 Å². The van der Waals surface area contributed by atoms with Gasteiger partial charge in [0, 0.05) is 14.3 Å². The van der Waals surface area contributed by atoms with Crippen molar-refractivity contribution in [3.63, 3.8) is 0 Å². The highest BCUT2D eigenvalue weighted by Gasteiger charge is 2.25. The van der Waals surface area contributed by atoms with E-state index >= 15 is 0 Å². The van der Waals surface area contributed by atoms with Crippen LogP contribution in [0.1, 0.15) is 12.1 Å². The van der Waals surface area contributed by atoms with Crippen molar-refractivity contribution in [1.29, 1.82) is 0 Å². The Bertz CT molecular complexity index is 494. The summed E-state index contributed by atoms with van der Waals surface area (Å²) in [5.41, 5.74) is -0.810. The van der Waals surface area contributed by atoms with Crippen LogP contribution < -0.4 is 0 Å². The summed E-state index contributed by atoms with van der Waals surface area (Å²) < 4.78 is 47.7. The molecule has 0 spiro atoms. The van der Waals surface area contributed by atoms with Crippen LogP contribution in [0.3, 0.4) is 0 Å². The average molecular weight is 479 g/mol. The first-order valence-electron chi connectivity index (χ1n) is 3.32. The molecule has 0 aliphatic rings. The van der Waals surface area contributed by atoms with Gasteiger partial charge in [-0.2, -0.15) is 0 Å². The maximum Gasteiger partial charge on any atom is 0.281 e. The molecule has 3 nitrogen and oxygen atoms in total. The zero-order valence-corrected chi connectivity index (χ0v) is 12.6. The summed E-state index contributed by atoms with van der Waals surface area (Å²) in [6.07, 6.45) is -2.97. The van der Waals surface area contributed by atoms with Crippen LogP contribution in [0.25, 0.3) is 0 Å². The van der Waals surface area contributed by atoms with E-state index in [1.54, 1.807) is 45.2 Å². The fourth-order valence-corrected chi connectivity index (χ4v) is 2.89. The molecule has 1 aromatic rings. The van der Waals surface area contributed by atoms with Crippen molar-refractivity contribution >= 4 is 64.9 Å². The molecule has 0 aliphatic carbocycles. The van der Waals surface area contributed by atoms with Crippen molar-refractivity contribution in [2.45, 2.75) is 11.3 Å². The molecule has 1 heterocycles. The molecule has 0 radical (unpaired) electrons. The average Bonchev–Trinajstić information content (AvgIpc) is 2.06. The Morgan fingerprint density at radius 3 is 2.33 bits per heavy atom. The number of hydrogen-bond donors (Lipinski definition) is 0. The van der Waals surface area contributed by atoms with Crippen molar-refractivity contribution in [2.24, 2.45) is 0 Å². The van der Waals surface area contributed by atoms with E-state index < -0.39 is 26.1 Å². The van der Waals surface area contributed by atoms with Crippen molar-refractivity contribution in [3.05, 3.63) is 19.0 Å². The van der Waals surface area contributed by atoms with E-state index in [2.05, 4.69) is 4.98 Å². The minimum Gasteiger partial charge on any atom is -0.238 e. The van der Waals surface area contributed by atoms with Gasteiger partial charge in [-0.25, -0.2) is 22.2 Å². The SMILES string of the molecule is O=S(=O)(Cl)c1cc(I)c(I)nc1C(F)F. The summed E-state index contributed by atoms with van der Waals surface area (Å²) >= 11 is 3.53. The lowest BCUT2D eigenvalue weighted by atomic mass is 10.4. The Balaban J connectivity index is 3.56. The molecule has 0 atom stereocenters. The van der Waals surface area contributed by atoms with Crippen LogP contribution in [0.4, 0.5) is 8.78 Å². The van der Waals surface area contributed by atoms with Crippen molar-refractivity contribution in [1.82, 2.24) is 4.98 Å². The van der Waals surface area contributed by atoms with Crippen molar-refractivity contribution in [2.75, 3.05) is 0 Å². The molecule has 0 fully saturated rings. The highest BCUT2D eigenvalue weighted by Crippen LogP contribution is 2.29. The maximum absolute atomic E-state index is 12.5. The number of pyridine rings is 1. The maximum atomic E-state index is 12.5. The minimum atomic E-state index is -4.20. The van der Waals surface area contributed by atoms with Gasteiger partial charge in [-0.05, 0) is 51.2 Å². The Morgan fingerprint density at radius 1 is 1.40 bits per heavy atom. The highest BCUT2D eigenvalue weighted by atomic mass is 127. The second-order valence-corrected chi connectivity index (χ2v) is 7.10. The second kappa shape index (κ2) is 4.92. The first-order chi connectivity index (χ1) is 6.73. The summed E-state index contributed by atoms with van der Waals surface area (Å²) in [5, 5.41) is 0. The Morgan fingerprint density at radius 2 is 1.93 bits per heavy atom. The molecular weight excluding hydrogens is 477 g/mol. The van der Waals surface area contributed by atoms with E-state index in [9.17, 15) is 17.2 Å². The molecular formula is C6H2ClF2I2NO2S. The molecule has 0 aromatic carbocycles. The van der Waals surface area contributed by atoms with E-state index in [0.29, 0.717) is 7.27 Å². The Hall–Kier alpha value is 0.710. The normalized spacial score (nSPS) is 12.1. The monoisotopic (exact) mass is 479 g/mol. The van der Waals surface area contributed by atoms with Crippen molar-refractivity contribution < 1.29 is 17.2 Å². The zero-order chi connectivity index (χ0) is 11.8. The predicted molar refractivity (Wildman–Crippen MR) is 67.7 cm³/mol.